The SMILES string of the molecule is C(=CN=CCP(c1ccccc1)c1ccccc1)CP(c1ccccc1)c1ccccc1. The summed E-state index contributed by atoms with van der Waals surface area (Å²) >= 11 is 0. The van der Waals surface area contributed by atoms with Crippen molar-refractivity contribution < 1.29 is 0 Å². The van der Waals surface area contributed by atoms with Crippen LogP contribution in [-0.4, -0.2) is 18.5 Å². The Morgan fingerprint density at radius 3 is 1.19 bits per heavy atom. The van der Waals surface area contributed by atoms with Gasteiger partial charge in [-0.05, 0) is 43.2 Å². The zero-order chi connectivity index (χ0) is 21.8. The van der Waals surface area contributed by atoms with E-state index in [0.717, 1.165) is 12.3 Å². The number of nitrogens with zero attached hydrogens (tertiary/aromatic N) is 1. The molecular weight excluding hydrogens is 424 g/mol. The molecule has 0 saturated heterocycles. The van der Waals surface area contributed by atoms with Gasteiger partial charge in [0.2, 0.25) is 0 Å². The lowest BCUT2D eigenvalue weighted by molar-refractivity contribution is 1.53. The largest absolute Gasteiger partial charge is 0.269 e. The topological polar surface area (TPSA) is 12.4 Å². The number of hydrogen-bond acceptors (Lipinski definition) is 1. The molecule has 0 bridgehead atoms. The number of hydrogen-bond donors (Lipinski definition) is 0. The lowest BCUT2D eigenvalue weighted by Crippen LogP contribution is -2.14. The smallest absolute Gasteiger partial charge is 0.0227 e. The standard InChI is InChI=1S/C29H27NP2/c1-5-14-26(15-6-1)31(27-16-7-2-8-17-27)24-13-22-30-23-25-32(28-18-9-3-10-19-28)29-20-11-4-12-21-29/h1-23H,24-25H2. The van der Waals surface area contributed by atoms with Crippen molar-refractivity contribution in [1.82, 2.24) is 0 Å². The van der Waals surface area contributed by atoms with E-state index in [2.05, 4.69) is 139 Å². The van der Waals surface area contributed by atoms with Crippen LogP contribution in [-0.2, 0) is 0 Å². The Bertz CT molecular complexity index is 939. The summed E-state index contributed by atoms with van der Waals surface area (Å²) in [6.07, 6.45) is 8.21. The minimum Gasteiger partial charge on any atom is -0.269 e. The molecule has 158 valence electrons. The minimum atomic E-state index is -0.436. The average Bonchev–Trinajstić information content (AvgIpc) is 2.88. The third kappa shape index (κ3) is 6.33. The van der Waals surface area contributed by atoms with Gasteiger partial charge in [0.15, 0.2) is 0 Å². The molecule has 0 unspecified atom stereocenters. The fourth-order valence-electron chi connectivity index (χ4n) is 3.55. The van der Waals surface area contributed by atoms with Crippen LogP contribution in [0.25, 0.3) is 0 Å². The summed E-state index contributed by atoms with van der Waals surface area (Å²) in [6, 6.07) is 43.2. The van der Waals surface area contributed by atoms with Crippen molar-refractivity contribution in [3.8, 4) is 0 Å². The average molecular weight is 451 g/mol. The third-order valence-electron chi connectivity index (χ3n) is 5.12. The zero-order valence-corrected chi connectivity index (χ0v) is 19.8. The molecule has 0 N–H and O–H groups in total. The van der Waals surface area contributed by atoms with Gasteiger partial charge in [-0.25, -0.2) is 0 Å². The van der Waals surface area contributed by atoms with Crippen LogP contribution in [0.3, 0.4) is 0 Å². The molecule has 0 aromatic heterocycles. The van der Waals surface area contributed by atoms with Crippen molar-refractivity contribution in [2.45, 2.75) is 0 Å². The van der Waals surface area contributed by atoms with E-state index in [1.165, 1.54) is 21.2 Å². The first kappa shape index (κ1) is 22.3. The fraction of sp³-hybridized carbons (Fsp3) is 0.0690. The Labute approximate surface area is 194 Å². The van der Waals surface area contributed by atoms with E-state index in [4.69, 9.17) is 0 Å². The normalized spacial score (nSPS) is 11.7. The summed E-state index contributed by atoms with van der Waals surface area (Å²) < 4.78 is 0. The molecule has 0 amide bonds. The summed E-state index contributed by atoms with van der Waals surface area (Å²) in [6.45, 7) is 0. The molecular formula is C29H27NP2. The molecule has 4 rings (SSSR count). The molecule has 3 heteroatoms. The van der Waals surface area contributed by atoms with Gasteiger partial charge in [0, 0.05) is 18.6 Å². The van der Waals surface area contributed by atoms with E-state index in [9.17, 15) is 0 Å². The fourth-order valence-corrected chi connectivity index (χ4v) is 7.68. The Kier molecular flexibility index (Phi) is 8.56. The van der Waals surface area contributed by atoms with Crippen molar-refractivity contribution in [3.05, 3.63) is 134 Å². The van der Waals surface area contributed by atoms with Crippen molar-refractivity contribution >= 4 is 43.3 Å². The zero-order valence-electron chi connectivity index (χ0n) is 18.0. The highest BCUT2D eigenvalue weighted by molar-refractivity contribution is 7.73. The van der Waals surface area contributed by atoms with E-state index in [1.54, 1.807) is 0 Å². The quantitative estimate of drug-likeness (QED) is 0.224. The van der Waals surface area contributed by atoms with E-state index < -0.39 is 15.8 Å². The van der Waals surface area contributed by atoms with Crippen LogP contribution < -0.4 is 21.2 Å². The van der Waals surface area contributed by atoms with Crippen LogP contribution in [0.15, 0.2) is 139 Å². The maximum atomic E-state index is 4.64. The molecule has 0 fully saturated rings. The van der Waals surface area contributed by atoms with E-state index in [0.29, 0.717) is 0 Å². The van der Waals surface area contributed by atoms with Gasteiger partial charge in [-0.15, -0.1) is 0 Å². The molecule has 0 saturated carbocycles. The monoisotopic (exact) mass is 451 g/mol. The van der Waals surface area contributed by atoms with Gasteiger partial charge in [0.25, 0.3) is 0 Å². The van der Waals surface area contributed by atoms with Crippen LogP contribution in [0.1, 0.15) is 0 Å². The van der Waals surface area contributed by atoms with Crippen molar-refractivity contribution in [2.75, 3.05) is 12.3 Å². The Hall–Kier alpha value is -2.85. The first-order valence-electron chi connectivity index (χ1n) is 10.8. The molecule has 4 aromatic rings. The van der Waals surface area contributed by atoms with E-state index in [-0.39, 0.29) is 0 Å². The first-order chi connectivity index (χ1) is 15.9. The second-order valence-corrected chi connectivity index (χ2v) is 11.8. The van der Waals surface area contributed by atoms with Gasteiger partial charge in [-0.3, -0.25) is 4.99 Å². The minimum absolute atomic E-state index is 0.413. The molecule has 4 aromatic carbocycles. The molecule has 0 aliphatic heterocycles. The molecule has 1 nitrogen and oxygen atoms in total. The number of aliphatic imine (C=N–C) groups is 1. The van der Waals surface area contributed by atoms with E-state index in [1.807, 2.05) is 6.20 Å². The first-order valence-corrected chi connectivity index (χ1v) is 13.9. The molecule has 0 radical (unpaired) electrons. The summed E-state index contributed by atoms with van der Waals surface area (Å²) in [5, 5.41) is 5.58. The van der Waals surface area contributed by atoms with Gasteiger partial charge < -0.3 is 0 Å². The van der Waals surface area contributed by atoms with Crippen LogP contribution in [0, 0.1) is 0 Å². The van der Waals surface area contributed by atoms with Crippen LogP contribution in [0.4, 0.5) is 0 Å². The summed E-state index contributed by atoms with van der Waals surface area (Å²) in [4.78, 5) is 4.64. The molecule has 0 atom stereocenters. The van der Waals surface area contributed by atoms with Gasteiger partial charge in [-0.2, -0.15) is 0 Å². The molecule has 0 aliphatic rings. The summed E-state index contributed by atoms with van der Waals surface area (Å²) in [7, 11) is -0.849. The van der Waals surface area contributed by atoms with Gasteiger partial charge in [0.05, 0.1) is 0 Å². The van der Waals surface area contributed by atoms with Crippen molar-refractivity contribution in [3.63, 3.8) is 0 Å². The van der Waals surface area contributed by atoms with Gasteiger partial charge >= 0.3 is 0 Å². The second kappa shape index (κ2) is 12.3. The molecule has 0 aliphatic carbocycles. The predicted octanol–water partition coefficient (Wildman–Crippen LogP) is 5.84. The molecule has 32 heavy (non-hydrogen) atoms. The maximum Gasteiger partial charge on any atom is 0.0227 e. The Morgan fingerprint density at radius 2 is 0.812 bits per heavy atom. The molecule has 0 heterocycles. The highest BCUT2D eigenvalue weighted by atomic mass is 31.1. The van der Waals surface area contributed by atoms with Crippen molar-refractivity contribution in [1.29, 1.82) is 0 Å². The van der Waals surface area contributed by atoms with Crippen molar-refractivity contribution in [2.24, 2.45) is 4.99 Å². The highest BCUT2D eigenvalue weighted by Crippen LogP contribution is 2.34. The lowest BCUT2D eigenvalue weighted by atomic mass is 10.4. The van der Waals surface area contributed by atoms with Gasteiger partial charge in [0.1, 0.15) is 0 Å². The van der Waals surface area contributed by atoms with Gasteiger partial charge in [-0.1, -0.05) is 127 Å². The third-order valence-corrected chi connectivity index (χ3v) is 9.91. The maximum absolute atomic E-state index is 4.64. The van der Waals surface area contributed by atoms with Crippen LogP contribution >= 0.6 is 15.8 Å². The van der Waals surface area contributed by atoms with Crippen LogP contribution in [0.5, 0.6) is 0 Å². The van der Waals surface area contributed by atoms with Crippen LogP contribution in [0.2, 0.25) is 0 Å². The lowest BCUT2D eigenvalue weighted by Gasteiger charge is -2.17. The summed E-state index contributed by atoms with van der Waals surface area (Å²) in [5.41, 5.74) is 0. The highest BCUT2D eigenvalue weighted by Gasteiger charge is 2.12. The number of benzene rings is 4. The second-order valence-electron chi connectivity index (χ2n) is 7.28. The molecule has 0 spiro atoms. The Morgan fingerprint density at radius 1 is 0.469 bits per heavy atom. The number of rotatable bonds is 9. The number of allylic oxidation sites excluding steroid dienone is 1. The Balaban J connectivity index is 1.43. The predicted molar refractivity (Wildman–Crippen MR) is 146 cm³/mol. The summed E-state index contributed by atoms with van der Waals surface area (Å²) in [5.74, 6) is 0. The van der Waals surface area contributed by atoms with E-state index >= 15 is 0 Å².